The molecule has 0 saturated carbocycles. The summed E-state index contributed by atoms with van der Waals surface area (Å²) in [6, 6.07) is 0. The maximum absolute atomic E-state index is 11.4. The van der Waals surface area contributed by atoms with Gasteiger partial charge in [-0.05, 0) is 0 Å². The van der Waals surface area contributed by atoms with Gasteiger partial charge in [0.15, 0.2) is 5.38 Å². The van der Waals surface area contributed by atoms with Crippen molar-refractivity contribution in [3.05, 3.63) is 0 Å². The van der Waals surface area contributed by atoms with E-state index in [1.165, 1.54) is 0 Å². The molecule has 0 aromatic heterocycles. The van der Waals surface area contributed by atoms with Crippen molar-refractivity contribution in [2.45, 2.75) is 16.4 Å². The first-order chi connectivity index (χ1) is 3.85. The fourth-order valence-corrected chi connectivity index (χ4v) is 0.429. The summed E-state index contributed by atoms with van der Waals surface area (Å²) in [5.41, 5.74) is 0. The Morgan fingerprint density at radius 3 is 1.33 bits per heavy atom. The van der Waals surface area contributed by atoms with Gasteiger partial charge < -0.3 is 0 Å². The van der Waals surface area contributed by atoms with Gasteiger partial charge in [-0.25, -0.2) is 0 Å². The van der Waals surface area contributed by atoms with Crippen LogP contribution in [0.3, 0.4) is 0 Å². The molecule has 0 heterocycles. The van der Waals surface area contributed by atoms with Gasteiger partial charge in [0.2, 0.25) is 0 Å². The summed E-state index contributed by atoms with van der Waals surface area (Å²) in [6.45, 7) is 0. The molecule has 0 spiro atoms. The molecule has 0 radical (unpaired) electrons. The molecule has 0 N–H and O–H groups in total. The average molecular weight is 201 g/mol. The minimum atomic E-state index is -4.52. The predicted octanol–water partition coefficient (Wildman–Crippen LogP) is 2.96. The lowest BCUT2D eigenvalue weighted by molar-refractivity contribution is -0.127. The summed E-state index contributed by atoms with van der Waals surface area (Å²) in [4.78, 5) is -1.60. The zero-order chi connectivity index (χ0) is 7.65. The smallest absolute Gasteiger partial charge is 0.169 e. The third-order valence-corrected chi connectivity index (χ3v) is 1.80. The van der Waals surface area contributed by atoms with Crippen LogP contribution in [-0.4, -0.2) is 16.4 Å². The van der Waals surface area contributed by atoms with E-state index in [0.717, 1.165) is 0 Å². The molecule has 0 amide bonds. The minimum Gasteiger partial charge on any atom is -0.169 e. The lowest BCUT2D eigenvalue weighted by atomic mass is 10.5. The highest BCUT2D eigenvalue weighted by molar-refractivity contribution is 6.48. The van der Waals surface area contributed by atoms with Gasteiger partial charge in [-0.3, -0.25) is 0 Å². The summed E-state index contributed by atoms with van der Waals surface area (Å²) in [5, 5.41) is -2.18. The van der Waals surface area contributed by atoms with Gasteiger partial charge in [0.05, 0.1) is 0 Å². The molecule has 6 heteroatoms. The molecule has 0 aromatic rings. The van der Waals surface area contributed by atoms with Crippen LogP contribution in [-0.2, 0) is 0 Å². The molecule has 0 aromatic carbocycles. The van der Waals surface area contributed by atoms with Crippen LogP contribution in [0, 0.1) is 0 Å². The standard InChI is InChI=1S/C3H2Cl3F3/c4-1(2(5)6)3(7,8)9/h1-2H/t1-/m0/s1. The molecule has 0 bridgehead atoms. The highest BCUT2D eigenvalue weighted by Gasteiger charge is 2.42. The number of halogens is 6. The highest BCUT2D eigenvalue weighted by Crippen LogP contribution is 2.31. The summed E-state index contributed by atoms with van der Waals surface area (Å²) in [6.07, 6.45) is -4.52. The number of hydrogen-bond donors (Lipinski definition) is 0. The van der Waals surface area contributed by atoms with E-state index in [2.05, 4.69) is 0 Å². The summed E-state index contributed by atoms with van der Waals surface area (Å²) >= 11 is 14.4. The van der Waals surface area contributed by atoms with Crippen LogP contribution in [0.25, 0.3) is 0 Å². The quantitative estimate of drug-likeness (QED) is 0.572. The van der Waals surface area contributed by atoms with Crippen molar-refractivity contribution in [3.8, 4) is 0 Å². The van der Waals surface area contributed by atoms with Crippen molar-refractivity contribution in [2.75, 3.05) is 0 Å². The van der Waals surface area contributed by atoms with Crippen LogP contribution >= 0.6 is 34.8 Å². The molecular formula is C3H2Cl3F3. The van der Waals surface area contributed by atoms with E-state index in [-0.39, 0.29) is 0 Å². The molecule has 0 fully saturated rings. The fraction of sp³-hybridized carbons (Fsp3) is 1.00. The Labute approximate surface area is 64.9 Å². The average Bonchev–Trinajstić information content (AvgIpc) is 1.62. The first-order valence-electron chi connectivity index (χ1n) is 1.84. The van der Waals surface area contributed by atoms with Crippen LogP contribution in [0.5, 0.6) is 0 Å². The second-order valence-corrected chi connectivity index (χ2v) is 2.91. The van der Waals surface area contributed by atoms with Crippen molar-refractivity contribution in [1.82, 2.24) is 0 Å². The molecule has 1 atom stereocenters. The van der Waals surface area contributed by atoms with Crippen molar-refractivity contribution < 1.29 is 13.2 Å². The topological polar surface area (TPSA) is 0 Å². The van der Waals surface area contributed by atoms with E-state index in [1.807, 2.05) is 0 Å². The number of alkyl halides is 6. The van der Waals surface area contributed by atoms with Gasteiger partial charge in [-0.2, -0.15) is 13.2 Å². The Bertz CT molecular complexity index is 88.8. The first kappa shape index (κ1) is 9.66. The van der Waals surface area contributed by atoms with Gasteiger partial charge >= 0.3 is 6.18 Å². The summed E-state index contributed by atoms with van der Waals surface area (Å²) in [5.74, 6) is 0. The van der Waals surface area contributed by atoms with E-state index >= 15 is 0 Å². The van der Waals surface area contributed by atoms with Crippen molar-refractivity contribution >= 4 is 34.8 Å². The van der Waals surface area contributed by atoms with Gasteiger partial charge in [-0.15, -0.1) is 34.8 Å². The maximum atomic E-state index is 11.4. The first-order valence-corrected chi connectivity index (χ1v) is 3.15. The van der Waals surface area contributed by atoms with Crippen LogP contribution in [0.4, 0.5) is 13.2 Å². The predicted molar refractivity (Wildman–Crippen MR) is 31.2 cm³/mol. The maximum Gasteiger partial charge on any atom is 0.407 e. The Morgan fingerprint density at radius 1 is 1.00 bits per heavy atom. The van der Waals surface area contributed by atoms with E-state index in [4.69, 9.17) is 34.8 Å². The van der Waals surface area contributed by atoms with E-state index < -0.39 is 16.4 Å². The molecule has 0 rings (SSSR count). The van der Waals surface area contributed by atoms with Crippen LogP contribution in [0.1, 0.15) is 0 Å². The Kier molecular flexibility index (Phi) is 3.40. The van der Waals surface area contributed by atoms with Crippen LogP contribution in [0.2, 0.25) is 0 Å². The van der Waals surface area contributed by atoms with Gasteiger partial charge in [0.25, 0.3) is 0 Å². The molecule has 0 aliphatic carbocycles. The van der Waals surface area contributed by atoms with Gasteiger partial charge in [-0.1, -0.05) is 0 Å². The van der Waals surface area contributed by atoms with Crippen molar-refractivity contribution in [1.29, 1.82) is 0 Å². The monoisotopic (exact) mass is 200 g/mol. The summed E-state index contributed by atoms with van der Waals surface area (Å²) < 4.78 is 34.2. The highest BCUT2D eigenvalue weighted by atomic mass is 35.5. The van der Waals surface area contributed by atoms with E-state index in [0.29, 0.717) is 0 Å². The minimum absolute atomic E-state index is 1.60. The SMILES string of the molecule is FC(F)(F)[C@@H](Cl)C(Cl)Cl. The normalized spacial score (nSPS) is 16.3. The molecule has 0 saturated heterocycles. The van der Waals surface area contributed by atoms with Gasteiger partial charge in [0, 0.05) is 0 Å². The zero-order valence-electron chi connectivity index (χ0n) is 3.92. The third-order valence-electron chi connectivity index (χ3n) is 0.534. The number of rotatable bonds is 1. The van der Waals surface area contributed by atoms with E-state index in [9.17, 15) is 13.2 Å². The molecule has 0 aliphatic heterocycles. The molecule has 0 nitrogen and oxygen atoms in total. The van der Waals surface area contributed by atoms with Crippen molar-refractivity contribution in [2.24, 2.45) is 0 Å². The Morgan fingerprint density at radius 2 is 1.33 bits per heavy atom. The fourth-order valence-electron chi connectivity index (χ4n) is 0.143. The second kappa shape index (κ2) is 3.17. The number of hydrogen-bond acceptors (Lipinski definition) is 0. The zero-order valence-corrected chi connectivity index (χ0v) is 6.19. The molecule has 0 aliphatic rings. The Hall–Kier alpha value is 0.660. The molecule has 56 valence electrons. The lowest BCUT2D eigenvalue weighted by Crippen LogP contribution is -2.28. The lowest BCUT2D eigenvalue weighted by Gasteiger charge is -2.12. The second-order valence-electron chi connectivity index (χ2n) is 1.28. The van der Waals surface area contributed by atoms with Crippen LogP contribution < -0.4 is 0 Å². The Balaban J connectivity index is 3.88. The van der Waals surface area contributed by atoms with Crippen LogP contribution in [0.15, 0.2) is 0 Å². The molecular weight excluding hydrogens is 199 g/mol. The third kappa shape index (κ3) is 3.38. The van der Waals surface area contributed by atoms with Gasteiger partial charge in [0.1, 0.15) is 4.84 Å². The van der Waals surface area contributed by atoms with Crippen molar-refractivity contribution in [3.63, 3.8) is 0 Å². The molecule has 0 unspecified atom stereocenters. The largest absolute Gasteiger partial charge is 0.407 e. The molecule has 9 heavy (non-hydrogen) atoms. The summed E-state index contributed by atoms with van der Waals surface area (Å²) in [7, 11) is 0. The van der Waals surface area contributed by atoms with E-state index in [1.54, 1.807) is 0 Å².